The van der Waals surface area contributed by atoms with Crippen molar-refractivity contribution in [2.45, 2.75) is 13.0 Å². The van der Waals surface area contributed by atoms with Crippen molar-refractivity contribution in [3.63, 3.8) is 0 Å². The number of esters is 1. The Kier molecular flexibility index (Phi) is 3.49. The van der Waals surface area contributed by atoms with Crippen molar-refractivity contribution >= 4 is 5.97 Å². The van der Waals surface area contributed by atoms with Crippen LogP contribution in [0.5, 0.6) is 0 Å². The summed E-state index contributed by atoms with van der Waals surface area (Å²) in [4.78, 5) is 11.3. The van der Waals surface area contributed by atoms with Gasteiger partial charge in [0.1, 0.15) is 0 Å². The van der Waals surface area contributed by atoms with Crippen LogP contribution < -0.4 is 5.32 Å². The fourth-order valence-corrected chi connectivity index (χ4v) is 1.39. The SMILES string of the molecule is CCOC(=O)[C@H]1CNC[C@@H]1OC. The lowest BCUT2D eigenvalue weighted by atomic mass is 10.1. The van der Waals surface area contributed by atoms with Crippen LogP contribution in [0.1, 0.15) is 6.92 Å². The van der Waals surface area contributed by atoms with Crippen LogP contribution >= 0.6 is 0 Å². The molecule has 1 aliphatic rings. The Bertz CT molecular complexity index is 160. The van der Waals surface area contributed by atoms with E-state index in [4.69, 9.17) is 9.47 Å². The Morgan fingerprint density at radius 2 is 2.33 bits per heavy atom. The van der Waals surface area contributed by atoms with Crippen LogP contribution in [0, 0.1) is 5.92 Å². The van der Waals surface area contributed by atoms with Crippen molar-refractivity contribution in [1.82, 2.24) is 5.32 Å². The fourth-order valence-electron chi connectivity index (χ4n) is 1.39. The van der Waals surface area contributed by atoms with E-state index in [0.29, 0.717) is 13.2 Å². The largest absolute Gasteiger partial charge is 0.466 e. The van der Waals surface area contributed by atoms with Gasteiger partial charge in [0.2, 0.25) is 0 Å². The van der Waals surface area contributed by atoms with Gasteiger partial charge in [-0.1, -0.05) is 0 Å². The molecular formula is C8H15NO3. The normalized spacial score (nSPS) is 28.8. The van der Waals surface area contributed by atoms with Crippen molar-refractivity contribution < 1.29 is 14.3 Å². The van der Waals surface area contributed by atoms with E-state index in [1.54, 1.807) is 7.11 Å². The molecule has 0 amide bonds. The number of hydrogen-bond acceptors (Lipinski definition) is 4. The van der Waals surface area contributed by atoms with Crippen LogP contribution in [0.4, 0.5) is 0 Å². The highest BCUT2D eigenvalue weighted by Gasteiger charge is 2.33. The van der Waals surface area contributed by atoms with Gasteiger partial charge in [-0.2, -0.15) is 0 Å². The quantitative estimate of drug-likeness (QED) is 0.600. The zero-order valence-corrected chi connectivity index (χ0v) is 7.50. The molecule has 0 aromatic carbocycles. The van der Waals surface area contributed by atoms with Crippen molar-refractivity contribution in [3.8, 4) is 0 Å². The topological polar surface area (TPSA) is 47.6 Å². The lowest BCUT2D eigenvalue weighted by Crippen LogP contribution is -2.29. The summed E-state index contributed by atoms with van der Waals surface area (Å²) >= 11 is 0. The predicted octanol–water partition coefficient (Wildman–Crippen LogP) is -0.216. The molecular weight excluding hydrogens is 158 g/mol. The summed E-state index contributed by atoms with van der Waals surface area (Å²) in [5.41, 5.74) is 0. The van der Waals surface area contributed by atoms with Crippen LogP contribution in [0.25, 0.3) is 0 Å². The molecule has 70 valence electrons. The highest BCUT2D eigenvalue weighted by molar-refractivity contribution is 5.73. The summed E-state index contributed by atoms with van der Waals surface area (Å²) in [7, 11) is 1.61. The molecule has 0 unspecified atom stereocenters. The van der Waals surface area contributed by atoms with Crippen LogP contribution in [-0.2, 0) is 14.3 Å². The maximum atomic E-state index is 11.3. The van der Waals surface area contributed by atoms with E-state index in [2.05, 4.69) is 5.32 Å². The minimum atomic E-state index is -0.158. The van der Waals surface area contributed by atoms with Gasteiger partial charge in [-0.25, -0.2) is 0 Å². The summed E-state index contributed by atoms with van der Waals surface area (Å²) in [6.45, 7) is 3.64. The fraction of sp³-hybridized carbons (Fsp3) is 0.875. The average Bonchev–Trinajstić information content (AvgIpc) is 2.51. The molecule has 1 N–H and O–H groups in total. The monoisotopic (exact) mass is 173 g/mol. The molecule has 0 aromatic rings. The first-order valence-corrected chi connectivity index (χ1v) is 4.19. The van der Waals surface area contributed by atoms with Crippen LogP contribution in [0.3, 0.4) is 0 Å². The minimum Gasteiger partial charge on any atom is -0.466 e. The molecule has 0 spiro atoms. The van der Waals surface area contributed by atoms with E-state index in [1.165, 1.54) is 0 Å². The second kappa shape index (κ2) is 4.42. The molecule has 1 fully saturated rings. The van der Waals surface area contributed by atoms with E-state index < -0.39 is 0 Å². The number of carbonyl (C=O) groups excluding carboxylic acids is 1. The Morgan fingerprint density at radius 1 is 1.58 bits per heavy atom. The Labute approximate surface area is 72.2 Å². The summed E-state index contributed by atoms with van der Waals surface area (Å²) < 4.78 is 10.0. The molecule has 12 heavy (non-hydrogen) atoms. The van der Waals surface area contributed by atoms with Gasteiger partial charge in [-0.05, 0) is 6.92 Å². The third-order valence-corrected chi connectivity index (χ3v) is 2.05. The van der Waals surface area contributed by atoms with E-state index in [9.17, 15) is 4.79 Å². The molecule has 0 saturated carbocycles. The Hall–Kier alpha value is -0.610. The van der Waals surface area contributed by atoms with Gasteiger partial charge < -0.3 is 14.8 Å². The molecule has 4 heteroatoms. The highest BCUT2D eigenvalue weighted by atomic mass is 16.5. The number of carbonyl (C=O) groups is 1. The van der Waals surface area contributed by atoms with Crippen molar-refractivity contribution in [2.24, 2.45) is 5.92 Å². The first kappa shape index (κ1) is 9.48. The van der Waals surface area contributed by atoms with E-state index in [-0.39, 0.29) is 18.0 Å². The molecule has 0 aromatic heterocycles. The van der Waals surface area contributed by atoms with Gasteiger partial charge in [-0.15, -0.1) is 0 Å². The second-order valence-electron chi connectivity index (χ2n) is 2.79. The van der Waals surface area contributed by atoms with Gasteiger partial charge in [0.15, 0.2) is 0 Å². The molecule has 0 aliphatic carbocycles. The van der Waals surface area contributed by atoms with Gasteiger partial charge in [0, 0.05) is 20.2 Å². The highest BCUT2D eigenvalue weighted by Crippen LogP contribution is 2.13. The van der Waals surface area contributed by atoms with Gasteiger partial charge in [-0.3, -0.25) is 4.79 Å². The first-order valence-electron chi connectivity index (χ1n) is 4.19. The van der Waals surface area contributed by atoms with Crippen molar-refractivity contribution in [3.05, 3.63) is 0 Å². The van der Waals surface area contributed by atoms with Crippen LogP contribution in [-0.4, -0.2) is 38.9 Å². The zero-order chi connectivity index (χ0) is 8.97. The predicted molar refractivity (Wildman–Crippen MR) is 43.8 cm³/mol. The third-order valence-electron chi connectivity index (χ3n) is 2.05. The van der Waals surface area contributed by atoms with Gasteiger partial charge >= 0.3 is 5.97 Å². The first-order chi connectivity index (χ1) is 5.79. The molecule has 1 aliphatic heterocycles. The third kappa shape index (κ3) is 1.95. The summed E-state index contributed by atoms with van der Waals surface area (Å²) in [6.07, 6.45) is -0.0240. The number of rotatable bonds is 3. The standard InChI is InChI=1S/C8H15NO3/c1-3-12-8(10)6-4-9-5-7(6)11-2/h6-7,9H,3-5H2,1-2H3/t6-,7-/m0/s1. The minimum absolute atomic E-state index is 0.0240. The summed E-state index contributed by atoms with van der Waals surface area (Å²) in [6, 6.07) is 0. The van der Waals surface area contributed by atoms with Crippen molar-refractivity contribution in [2.75, 3.05) is 26.8 Å². The summed E-state index contributed by atoms with van der Waals surface area (Å²) in [5.74, 6) is -0.288. The lowest BCUT2D eigenvalue weighted by Gasteiger charge is -2.14. The number of ether oxygens (including phenoxy) is 2. The molecule has 0 radical (unpaired) electrons. The van der Waals surface area contributed by atoms with E-state index in [1.807, 2.05) is 6.92 Å². The van der Waals surface area contributed by atoms with Crippen LogP contribution in [0.2, 0.25) is 0 Å². The number of nitrogens with one attached hydrogen (secondary N) is 1. The van der Waals surface area contributed by atoms with Gasteiger partial charge in [0.05, 0.1) is 18.6 Å². The number of methoxy groups -OCH3 is 1. The van der Waals surface area contributed by atoms with E-state index >= 15 is 0 Å². The lowest BCUT2D eigenvalue weighted by molar-refractivity contribution is -0.150. The molecule has 1 rings (SSSR count). The maximum absolute atomic E-state index is 11.3. The van der Waals surface area contributed by atoms with Gasteiger partial charge in [0.25, 0.3) is 0 Å². The van der Waals surface area contributed by atoms with Crippen LogP contribution in [0.15, 0.2) is 0 Å². The molecule has 4 nitrogen and oxygen atoms in total. The summed E-state index contributed by atoms with van der Waals surface area (Å²) in [5, 5.41) is 3.09. The second-order valence-corrected chi connectivity index (χ2v) is 2.79. The Morgan fingerprint density at radius 3 is 2.92 bits per heavy atom. The van der Waals surface area contributed by atoms with Crippen molar-refractivity contribution in [1.29, 1.82) is 0 Å². The molecule has 1 heterocycles. The smallest absolute Gasteiger partial charge is 0.312 e. The average molecular weight is 173 g/mol. The molecule has 0 bridgehead atoms. The molecule has 2 atom stereocenters. The van der Waals surface area contributed by atoms with E-state index in [0.717, 1.165) is 6.54 Å². The maximum Gasteiger partial charge on any atom is 0.312 e. The Balaban J connectivity index is 2.43. The number of hydrogen-bond donors (Lipinski definition) is 1. The zero-order valence-electron chi connectivity index (χ0n) is 7.50. The molecule has 1 saturated heterocycles.